The van der Waals surface area contributed by atoms with E-state index in [0.29, 0.717) is 24.2 Å². The van der Waals surface area contributed by atoms with Gasteiger partial charge in [-0.05, 0) is 30.5 Å². The molecule has 0 radical (unpaired) electrons. The lowest BCUT2D eigenvalue weighted by molar-refractivity contribution is -0.117. The van der Waals surface area contributed by atoms with E-state index in [1.54, 1.807) is 24.7 Å². The summed E-state index contributed by atoms with van der Waals surface area (Å²) in [4.78, 5) is 31.1. The van der Waals surface area contributed by atoms with E-state index in [0.717, 1.165) is 11.3 Å². The second kappa shape index (κ2) is 11.6. The fourth-order valence-electron chi connectivity index (χ4n) is 2.43. The second-order valence-electron chi connectivity index (χ2n) is 6.50. The zero-order chi connectivity index (χ0) is 18.4. The third-order valence-electron chi connectivity index (χ3n) is 3.79. The predicted octanol–water partition coefficient (Wildman–Crippen LogP) is 3.05. The van der Waals surface area contributed by atoms with Crippen LogP contribution < -0.4 is 16.4 Å². The van der Waals surface area contributed by atoms with E-state index in [9.17, 15) is 9.59 Å². The van der Waals surface area contributed by atoms with Crippen molar-refractivity contribution < 1.29 is 9.59 Å². The van der Waals surface area contributed by atoms with Crippen LogP contribution in [-0.4, -0.2) is 27.8 Å². The number of carbonyl (C=O) groups is 2. The molecule has 1 heterocycles. The lowest BCUT2D eigenvalue weighted by Gasteiger charge is -2.16. The lowest BCUT2D eigenvalue weighted by atomic mass is 10.1. The third-order valence-corrected chi connectivity index (χ3v) is 3.79. The number of anilines is 2. The molecule has 9 heteroatoms. The van der Waals surface area contributed by atoms with Gasteiger partial charge < -0.3 is 21.4 Å². The Hall–Kier alpha value is -2.09. The van der Waals surface area contributed by atoms with E-state index >= 15 is 0 Å². The van der Waals surface area contributed by atoms with Crippen LogP contribution in [0.4, 0.5) is 11.4 Å². The molecule has 0 aliphatic heterocycles. The number of aromatic nitrogens is 2. The highest BCUT2D eigenvalue weighted by Crippen LogP contribution is 2.24. The lowest BCUT2D eigenvalue weighted by Crippen LogP contribution is -2.37. The van der Waals surface area contributed by atoms with E-state index < -0.39 is 6.04 Å². The summed E-state index contributed by atoms with van der Waals surface area (Å²) < 4.78 is 0. The highest BCUT2D eigenvalue weighted by Gasteiger charge is 2.17. The summed E-state index contributed by atoms with van der Waals surface area (Å²) in [6, 6.07) is 4.69. The first kappa shape index (κ1) is 24.9. The monoisotopic (exact) mass is 415 g/mol. The number of halogens is 2. The number of rotatable bonds is 7. The minimum atomic E-state index is -0.695. The first-order valence-corrected chi connectivity index (χ1v) is 8.30. The minimum Gasteiger partial charge on any atom is -0.348 e. The molecule has 0 aliphatic rings. The Morgan fingerprint density at radius 1 is 1.19 bits per heavy atom. The van der Waals surface area contributed by atoms with Crippen molar-refractivity contribution in [3.63, 3.8) is 0 Å². The zero-order valence-corrected chi connectivity index (χ0v) is 17.2. The number of hydrogen-bond donors (Lipinski definition) is 4. The van der Waals surface area contributed by atoms with Gasteiger partial charge >= 0.3 is 0 Å². The fourth-order valence-corrected chi connectivity index (χ4v) is 2.43. The van der Waals surface area contributed by atoms with Gasteiger partial charge in [0.15, 0.2) is 0 Å². The SMILES string of the molecule is Cc1c(NC(=O)CC(C)C)cccc1NC(=O)[C@@H](N)Cc1cnc[nH]1.Cl.Cl. The van der Waals surface area contributed by atoms with Gasteiger partial charge in [0.05, 0.1) is 12.4 Å². The van der Waals surface area contributed by atoms with Crippen LogP contribution in [0.15, 0.2) is 30.7 Å². The number of hydrogen-bond acceptors (Lipinski definition) is 4. The number of benzene rings is 1. The summed E-state index contributed by atoms with van der Waals surface area (Å²) in [5, 5.41) is 5.71. The molecule has 27 heavy (non-hydrogen) atoms. The molecule has 2 rings (SSSR count). The average molecular weight is 416 g/mol. The maximum absolute atomic E-state index is 12.3. The van der Waals surface area contributed by atoms with Gasteiger partial charge in [-0.2, -0.15) is 0 Å². The van der Waals surface area contributed by atoms with Crippen molar-refractivity contribution in [1.82, 2.24) is 9.97 Å². The Balaban J connectivity index is 0.00000338. The zero-order valence-electron chi connectivity index (χ0n) is 15.6. The molecule has 1 aromatic carbocycles. The van der Waals surface area contributed by atoms with E-state index in [-0.39, 0.29) is 42.5 Å². The standard InChI is InChI=1S/C18H25N5O2.2ClH/c1-11(2)7-17(24)22-15-5-4-6-16(12(15)3)23-18(25)14(19)8-13-9-20-10-21-13;;/h4-6,9-11,14H,7-8,19H2,1-3H3,(H,20,21)(H,22,24)(H,23,25);2*1H/t14-;;/m0../s1. The van der Waals surface area contributed by atoms with Crippen LogP contribution in [0.3, 0.4) is 0 Å². The summed E-state index contributed by atoms with van der Waals surface area (Å²) in [5.74, 6) is -0.0513. The average Bonchev–Trinajstić information content (AvgIpc) is 3.03. The molecule has 2 amide bonds. The maximum atomic E-state index is 12.3. The molecule has 0 unspecified atom stereocenters. The molecule has 7 nitrogen and oxygen atoms in total. The smallest absolute Gasteiger partial charge is 0.241 e. The molecular weight excluding hydrogens is 389 g/mol. The molecule has 1 aromatic heterocycles. The van der Waals surface area contributed by atoms with Gasteiger partial charge in [-0.25, -0.2) is 4.98 Å². The first-order chi connectivity index (χ1) is 11.9. The first-order valence-electron chi connectivity index (χ1n) is 8.30. The summed E-state index contributed by atoms with van der Waals surface area (Å²) in [6.45, 7) is 5.83. The molecule has 0 saturated heterocycles. The predicted molar refractivity (Wildman–Crippen MR) is 113 cm³/mol. The summed E-state index contributed by atoms with van der Waals surface area (Å²) in [5.41, 5.74) is 8.86. The van der Waals surface area contributed by atoms with Crippen LogP contribution in [0.1, 0.15) is 31.5 Å². The van der Waals surface area contributed by atoms with Gasteiger partial charge in [-0.3, -0.25) is 9.59 Å². The molecule has 2 aromatic rings. The van der Waals surface area contributed by atoms with Gasteiger partial charge in [-0.1, -0.05) is 19.9 Å². The Kier molecular flexibility index (Phi) is 10.7. The van der Waals surface area contributed by atoms with Crippen LogP contribution in [0.2, 0.25) is 0 Å². The Labute approximate surface area is 171 Å². The van der Waals surface area contributed by atoms with Crippen molar-refractivity contribution in [3.05, 3.63) is 42.0 Å². The number of amides is 2. The molecule has 1 atom stereocenters. The van der Waals surface area contributed by atoms with Gasteiger partial charge in [0.2, 0.25) is 11.8 Å². The number of nitrogens with two attached hydrogens (primary N) is 1. The number of carbonyl (C=O) groups excluding carboxylic acids is 2. The fraction of sp³-hybridized carbons (Fsp3) is 0.389. The van der Waals surface area contributed by atoms with E-state index in [4.69, 9.17) is 5.73 Å². The van der Waals surface area contributed by atoms with Crippen molar-refractivity contribution in [1.29, 1.82) is 0 Å². The van der Waals surface area contributed by atoms with Crippen LogP contribution in [0.5, 0.6) is 0 Å². The number of imidazole rings is 1. The number of nitrogens with one attached hydrogen (secondary N) is 3. The Morgan fingerprint density at radius 3 is 2.37 bits per heavy atom. The van der Waals surface area contributed by atoms with Gasteiger partial charge in [-0.15, -0.1) is 24.8 Å². The molecule has 0 saturated carbocycles. The minimum absolute atomic E-state index is 0. The third kappa shape index (κ3) is 7.58. The van der Waals surface area contributed by atoms with Crippen LogP contribution in [0, 0.1) is 12.8 Å². The normalized spacial score (nSPS) is 11.1. The molecule has 5 N–H and O–H groups in total. The molecular formula is C18H27Cl2N5O2. The van der Waals surface area contributed by atoms with Crippen molar-refractivity contribution in [3.8, 4) is 0 Å². The van der Waals surface area contributed by atoms with Gasteiger partial charge in [0, 0.05) is 36.1 Å². The summed E-state index contributed by atoms with van der Waals surface area (Å²) in [7, 11) is 0. The van der Waals surface area contributed by atoms with Crippen molar-refractivity contribution >= 4 is 48.0 Å². The van der Waals surface area contributed by atoms with E-state index in [2.05, 4.69) is 20.6 Å². The van der Waals surface area contributed by atoms with E-state index in [1.165, 1.54) is 0 Å². The highest BCUT2D eigenvalue weighted by atomic mass is 35.5. The number of aromatic amines is 1. The highest BCUT2D eigenvalue weighted by molar-refractivity contribution is 5.98. The Bertz CT molecular complexity index is 735. The van der Waals surface area contributed by atoms with Crippen molar-refractivity contribution in [2.45, 2.75) is 39.7 Å². The van der Waals surface area contributed by atoms with E-state index in [1.807, 2.05) is 26.8 Å². The maximum Gasteiger partial charge on any atom is 0.241 e. The molecule has 0 fully saturated rings. The molecule has 0 aliphatic carbocycles. The molecule has 150 valence electrons. The summed E-state index contributed by atoms with van der Waals surface area (Å²) >= 11 is 0. The van der Waals surface area contributed by atoms with Crippen molar-refractivity contribution in [2.75, 3.05) is 10.6 Å². The number of H-pyrrole nitrogens is 1. The number of nitrogens with zero attached hydrogens (tertiary/aromatic N) is 1. The largest absolute Gasteiger partial charge is 0.348 e. The second-order valence-corrected chi connectivity index (χ2v) is 6.50. The van der Waals surface area contributed by atoms with Crippen LogP contribution in [-0.2, 0) is 16.0 Å². The van der Waals surface area contributed by atoms with Crippen molar-refractivity contribution in [2.24, 2.45) is 11.7 Å². The topological polar surface area (TPSA) is 113 Å². The quantitative estimate of drug-likeness (QED) is 0.556. The van der Waals surface area contributed by atoms with Crippen LogP contribution in [0.25, 0.3) is 0 Å². The van der Waals surface area contributed by atoms with Crippen LogP contribution >= 0.6 is 24.8 Å². The van der Waals surface area contributed by atoms with Gasteiger partial charge in [0.1, 0.15) is 0 Å². The molecule has 0 spiro atoms. The molecule has 0 bridgehead atoms. The van der Waals surface area contributed by atoms with Gasteiger partial charge in [0.25, 0.3) is 0 Å². The summed E-state index contributed by atoms with van der Waals surface area (Å²) in [6.07, 6.45) is 4.01. The Morgan fingerprint density at radius 2 is 1.81 bits per heavy atom.